The number of ether oxygens (including phenoxy) is 1. The van der Waals surface area contributed by atoms with Gasteiger partial charge in [-0.2, -0.15) is 0 Å². The molecule has 5 rings (SSSR count). The van der Waals surface area contributed by atoms with Crippen LogP contribution in [0.25, 0.3) is 11.1 Å². The van der Waals surface area contributed by atoms with Crippen LogP contribution < -0.4 is 5.32 Å². The van der Waals surface area contributed by atoms with Crippen LogP contribution in [0.15, 0.2) is 48.5 Å². The Morgan fingerprint density at radius 2 is 1.63 bits per heavy atom. The van der Waals surface area contributed by atoms with Crippen LogP contribution in [-0.2, 0) is 14.3 Å². The SMILES string of the molecule is CC1(C)CN(C(=O)C(C)(NC(=O)OCC2c3ccccc3-c3ccccc32)C2CC2)CC1C(=O)O. The summed E-state index contributed by atoms with van der Waals surface area (Å²) >= 11 is 0. The predicted octanol–water partition coefficient (Wildman–Crippen LogP) is 4.26. The van der Waals surface area contributed by atoms with Gasteiger partial charge in [0.15, 0.2) is 0 Å². The van der Waals surface area contributed by atoms with Crippen LogP contribution in [0, 0.1) is 17.3 Å². The number of aliphatic carboxylic acids is 1. The van der Waals surface area contributed by atoms with Crippen LogP contribution in [0.3, 0.4) is 0 Å². The third-order valence-electron chi connectivity index (χ3n) is 8.07. The zero-order valence-corrected chi connectivity index (χ0v) is 20.4. The lowest BCUT2D eigenvalue weighted by molar-refractivity contribution is -0.144. The van der Waals surface area contributed by atoms with Gasteiger partial charge >= 0.3 is 12.1 Å². The van der Waals surface area contributed by atoms with Crippen molar-refractivity contribution in [1.29, 1.82) is 0 Å². The molecule has 1 saturated carbocycles. The molecule has 2 atom stereocenters. The van der Waals surface area contributed by atoms with Crippen LogP contribution in [0.2, 0.25) is 0 Å². The Morgan fingerprint density at radius 3 is 2.14 bits per heavy atom. The first-order chi connectivity index (χ1) is 16.6. The number of carboxylic acids is 1. The molecule has 1 aliphatic heterocycles. The maximum atomic E-state index is 13.6. The minimum absolute atomic E-state index is 0.0162. The third kappa shape index (κ3) is 4.07. The van der Waals surface area contributed by atoms with E-state index in [-0.39, 0.29) is 30.9 Å². The molecule has 7 heteroatoms. The van der Waals surface area contributed by atoms with Crippen LogP contribution in [0.5, 0.6) is 0 Å². The van der Waals surface area contributed by atoms with Gasteiger partial charge in [0.05, 0.1) is 5.92 Å². The number of carboxylic acid groups (broad SMARTS) is 1. The van der Waals surface area contributed by atoms with Crippen molar-refractivity contribution in [2.75, 3.05) is 19.7 Å². The van der Waals surface area contributed by atoms with Gasteiger partial charge in [-0.1, -0.05) is 62.4 Å². The Balaban J connectivity index is 1.29. The summed E-state index contributed by atoms with van der Waals surface area (Å²) in [4.78, 5) is 39.9. The highest BCUT2D eigenvalue weighted by atomic mass is 16.5. The van der Waals surface area contributed by atoms with Crippen LogP contribution in [0.1, 0.15) is 50.7 Å². The molecule has 35 heavy (non-hydrogen) atoms. The van der Waals surface area contributed by atoms with Crippen molar-refractivity contribution in [3.63, 3.8) is 0 Å². The first-order valence-electron chi connectivity index (χ1n) is 12.3. The lowest BCUT2D eigenvalue weighted by Crippen LogP contribution is -2.59. The molecule has 184 valence electrons. The molecule has 0 aromatic heterocycles. The number of fused-ring (bicyclic) bond motifs is 3. The normalized spacial score (nSPS) is 22.1. The highest BCUT2D eigenvalue weighted by Crippen LogP contribution is 2.45. The summed E-state index contributed by atoms with van der Waals surface area (Å²) in [5.41, 5.74) is 2.91. The number of amides is 2. The number of carbonyl (C=O) groups is 3. The van der Waals surface area contributed by atoms with Gasteiger partial charge in [0.2, 0.25) is 5.91 Å². The van der Waals surface area contributed by atoms with Gasteiger partial charge in [-0.3, -0.25) is 9.59 Å². The Morgan fingerprint density at radius 1 is 1.06 bits per heavy atom. The second-order valence-corrected chi connectivity index (χ2v) is 11.0. The fraction of sp³-hybridized carbons (Fsp3) is 0.464. The molecular formula is C28H32N2O5. The maximum absolute atomic E-state index is 13.6. The second-order valence-electron chi connectivity index (χ2n) is 11.0. The fourth-order valence-electron chi connectivity index (χ4n) is 5.87. The maximum Gasteiger partial charge on any atom is 0.408 e. The largest absolute Gasteiger partial charge is 0.481 e. The summed E-state index contributed by atoms with van der Waals surface area (Å²) in [6, 6.07) is 16.3. The Bertz CT molecular complexity index is 1140. The number of rotatable bonds is 6. The van der Waals surface area contributed by atoms with Gasteiger partial charge < -0.3 is 20.1 Å². The molecule has 0 spiro atoms. The molecule has 2 amide bonds. The number of carbonyl (C=O) groups excluding carboxylic acids is 2. The van der Waals surface area contributed by atoms with E-state index in [0.29, 0.717) is 6.54 Å². The summed E-state index contributed by atoms with van der Waals surface area (Å²) in [6.45, 7) is 6.15. The third-order valence-corrected chi connectivity index (χ3v) is 8.07. The Kier molecular flexibility index (Phi) is 5.61. The average Bonchev–Trinajstić information content (AvgIpc) is 3.57. The summed E-state index contributed by atoms with van der Waals surface area (Å²) in [5, 5.41) is 12.5. The van der Waals surface area contributed by atoms with E-state index in [0.717, 1.165) is 35.1 Å². The van der Waals surface area contributed by atoms with Gasteiger partial charge in [-0.05, 0) is 53.4 Å². The molecular weight excluding hydrogens is 444 g/mol. The predicted molar refractivity (Wildman–Crippen MR) is 131 cm³/mol. The van der Waals surface area contributed by atoms with Gasteiger partial charge in [0.1, 0.15) is 12.1 Å². The van der Waals surface area contributed by atoms with Crippen molar-refractivity contribution in [2.45, 2.75) is 45.1 Å². The summed E-state index contributed by atoms with van der Waals surface area (Å²) in [7, 11) is 0. The number of nitrogens with zero attached hydrogens (tertiary/aromatic N) is 1. The smallest absolute Gasteiger partial charge is 0.408 e. The number of nitrogens with one attached hydrogen (secondary N) is 1. The molecule has 2 aromatic carbocycles. The molecule has 2 N–H and O–H groups in total. The van der Waals surface area contributed by atoms with Gasteiger partial charge in [-0.25, -0.2) is 4.79 Å². The minimum Gasteiger partial charge on any atom is -0.481 e. The highest BCUT2D eigenvalue weighted by molar-refractivity contribution is 5.91. The van der Waals surface area contributed by atoms with E-state index in [9.17, 15) is 19.5 Å². The van der Waals surface area contributed by atoms with E-state index in [1.807, 2.05) is 38.1 Å². The average molecular weight is 477 g/mol. The molecule has 2 aliphatic carbocycles. The van der Waals surface area contributed by atoms with Crippen LogP contribution >= 0.6 is 0 Å². The highest BCUT2D eigenvalue weighted by Gasteiger charge is 2.54. The van der Waals surface area contributed by atoms with E-state index in [4.69, 9.17) is 4.74 Å². The van der Waals surface area contributed by atoms with E-state index in [2.05, 4.69) is 29.6 Å². The second kappa shape index (κ2) is 8.40. The number of hydrogen-bond acceptors (Lipinski definition) is 4. The van der Waals surface area contributed by atoms with Gasteiger partial charge in [0, 0.05) is 19.0 Å². The Labute approximate surface area is 205 Å². The summed E-state index contributed by atoms with van der Waals surface area (Å²) in [5.74, 6) is -1.81. The molecule has 2 unspecified atom stereocenters. The first-order valence-corrected chi connectivity index (χ1v) is 12.3. The number of hydrogen-bond donors (Lipinski definition) is 2. The standard InChI is InChI=1S/C28H32N2O5/c1-27(2)16-30(14-23(27)24(31)32)25(33)28(3,17-12-13-17)29-26(34)35-15-22-20-10-6-4-8-18(20)19-9-5-7-11-21(19)22/h4-11,17,22-23H,12-16H2,1-3H3,(H,29,34)(H,31,32). The fourth-order valence-corrected chi connectivity index (χ4v) is 5.87. The van der Waals surface area contributed by atoms with Gasteiger partial charge in [0.25, 0.3) is 0 Å². The van der Waals surface area contributed by atoms with E-state index in [1.54, 1.807) is 11.8 Å². The summed E-state index contributed by atoms with van der Waals surface area (Å²) in [6.07, 6.45) is 1.06. The van der Waals surface area contributed by atoms with Crippen molar-refractivity contribution in [3.05, 3.63) is 59.7 Å². The van der Waals surface area contributed by atoms with Crippen molar-refractivity contribution in [2.24, 2.45) is 17.3 Å². The number of alkyl carbamates (subject to hydrolysis) is 1. The number of benzene rings is 2. The zero-order chi connectivity index (χ0) is 25.0. The van der Waals surface area contributed by atoms with Crippen LogP contribution in [0.4, 0.5) is 4.79 Å². The zero-order valence-electron chi connectivity index (χ0n) is 20.4. The molecule has 0 bridgehead atoms. The molecule has 2 fully saturated rings. The molecule has 1 heterocycles. The van der Waals surface area contributed by atoms with Crippen molar-refractivity contribution in [1.82, 2.24) is 10.2 Å². The number of likely N-dealkylation sites (tertiary alicyclic amines) is 1. The van der Waals surface area contributed by atoms with E-state index in [1.165, 1.54) is 0 Å². The molecule has 0 radical (unpaired) electrons. The Hall–Kier alpha value is -3.35. The van der Waals surface area contributed by atoms with E-state index >= 15 is 0 Å². The van der Waals surface area contributed by atoms with E-state index < -0.39 is 28.9 Å². The lowest BCUT2D eigenvalue weighted by Gasteiger charge is -2.34. The van der Waals surface area contributed by atoms with Crippen molar-refractivity contribution in [3.8, 4) is 11.1 Å². The van der Waals surface area contributed by atoms with Gasteiger partial charge in [-0.15, -0.1) is 0 Å². The minimum atomic E-state index is -1.12. The quantitative estimate of drug-likeness (QED) is 0.649. The van der Waals surface area contributed by atoms with Crippen molar-refractivity contribution < 1.29 is 24.2 Å². The molecule has 1 saturated heterocycles. The van der Waals surface area contributed by atoms with Crippen LogP contribution in [-0.4, -0.2) is 53.2 Å². The lowest BCUT2D eigenvalue weighted by atomic mass is 9.82. The molecule has 7 nitrogen and oxygen atoms in total. The monoisotopic (exact) mass is 476 g/mol. The topological polar surface area (TPSA) is 95.9 Å². The molecule has 3 aliphatic rings. The van der Waals surface area contributed by atoms with Crippen molar-refractivity contribution >= 4 is 18.0 Å². The first kappa shape index (κ1) is 23.4. The molecule has 2 aromatic rings. The summed E-state index contributed by atoms with van der Waals surface area (Å²) < 4.78 is 5.71.